The highest BCUT2D eigenvalue weighted by Gasteiger charge is 2.41. The number of rotatable bonds is 8. The van der Waals surface area contributed by atoms with Gasteiger partial charge in [0.1, 0.15) is 6.61 Å². The molecule has 2 rings (SSSR count). The number of carbonyl (C=O) groups is 3. The second-order valence-corrected chi connectivity index (χ2v) is 6.98. The van der Waals surface area contributed by atoms with E-state index < -0.39 is 24.0 Å². The largest absolute Gasteiger partial charge is 0.481 e. The molecule has 1 heterocycles. The first-order chi connectivity index (χ1) is 14.0. The zero-order valence-corrected chi connectivity index (χ0v) is 16.6. The van der Waals surface area contributed by atoms with Crippen molar-refractivity contribution in [1.29, 1.82) is 0 Å². The van der Waals surface area contributed by atoms with Gasteiger partial charge in [-0.3, -0.25) is 9.59 Å². The minimum Gasteiger partial charge on any atom is -0.481 e. The number of carboxylic acid groups (broad SMARTS) is 1. The molecule has 0 atom stereocenters. The molecule has 0 aromatic heterocycles. The first-order valence-corrected chi connectivity index (χ1v) is 9.18. The number of benzene rings is 1. The van der Waals surface area contributed by atoms with Crippen LogP contribution in [0.2, 0.25) is 0 Å². The molecule has 0 unspecified atom stereocenters. The third-order valence-electron chi connectivity index (χ3n) is 4.91. The van der Waals surface area contributed by atoms with Gasteiger partial charge in [0.05, 0.1) is 11.3 Å². The van der Waals surface area contributed by atoms with Gasteiger partial charge in [-0.15, -0.1) is 6.58 Å². The van der Waals surface area contributed by atoms with E-state index >= 15 is 0 Å². The monoisotopic (exact) mass is 425 g/mol. The van der Waals surface area contributed by atoms with Gasteiger partial charge in [0.25, 0.3) is 0 Å². The molecule has 0 fully saturated rings. The molecule has 2 N–H and O–H groups in total. The quantitative estimate of drug-likeness (QED) is 0.480. The summed E-state index contributed by atoms with van der Waals surface area (Å²) in [4.78, 5) is 34.7. The van der Waals surface area contributed by atoms with Gasteiger partial charge in [-0.2, -0.15) is 13.2 Å². The molecule has 0 saturated heterocycles. The second-order valence-electron chi connectivity index (χ2n) is 6.98. The summed E-state index contributed by atoms with van der Waals surface area (Å²) in [6.45, 7) is 7.03. The summed E-state index contributed by atoms with van der Waals surface area (Å²) >= 11 is 0. The van der Waals surface area contributed by atoms with Crippen molar-refractivity contribution < 1.29 is 37.4 Å². The molecule has 0 spiro atoms. The zero-order valence-electron chi connectivity index (χ0n) is 16.6. The van der Waals surface area contributed by atoms with Crippen LogP contribution >= 0.6 is 0 Å². The van der Waals surface area contributed by atoms with Crippen LogP contribution in [0.4, 0.5) is 18.9 Å². The van der Waals surface area contributed by atoms with E-state index in [1.807, 2.05) is 5.32 Å². The van der Waals surface area contributed by atoms with Gasteiger partial charge in [0, 0.05) is 12.0 Å². The van der Waals surface area contributed by atoms with Gasteiger partial charge in [-0.1, -0.05) is 17.7 Å². The fraction of sp³-hybridized carbons (Fsp3) is 0.381. The Labute approximate surface area is 171 Å². The highest BCUT2D eigenvalue weighted by atomic mass is 19.4. The maximum absolute atomic E-state index is 12.9. The average Bonchev–Trinajstić information content (AvgIpc) is 3.04. The van der Waals surface area contributed by atoms with Gasteiger partial charge in [0.2, 0.25) is 0 Å². The maximum atomic E-state index is 12.9. The summed E-state index contributed by atoms with van der Waals surface area (Å²) in [5.41, 5.74) is 2.52. The predicted molar refractivity (Wildman–Crippen MR) is 103 cm³/mol. The summed E-state index contributed by atoms with van der Waals surface area (Å²) in [5.74, 6) is -3.96. The number of esters is 1. The van der Waals surface area contributed by atoms with Crippen LogP contribution < -0.4 is 5.32 Å². The van der Waals surface area contributed by atoms with Crippen molar-refractivity contribution in [1.82, 2.24) is 0 Å². The summed E-state index contributed by atoms with van der Waals surface area (Å²) in [6.07, 6.45) is -1.30. The Morgan fingerprint density at radius 3 is 2.47 bits per heavy atom. The van der Waals surface area contributed by atoms with Crippen molar-refractivity contribution in [2.75, 3.05) is 5.32 Å². The van der Waals surface area contributed by atoms with Gasteiger partial charge in [0.15, 0.2) is 0 Å². The number of cyclic esters (lactones) is 1. The van der Waals surface area contributed by atoms with Crippen LogP contribution in [-0.4, -0.2) is 29.1 Å². The Morgan fingerprint density at radius 1 is 1.23 bits per heavy atom. The molecular formula is C21H22F3NO5. The van der Waals surface area contributed by atoms with Crippen LogP contribution in [0.3, 0.4) is 0 Å². The molecule has 1 amide bonds. The molecule has 162 valence electrons. The van der Waals surface area contributed by atoms with E-state index in [0.717, 1.165) is 5.57 Å². The maximum Gasteiger partial charge on any atom is 0.471 e. The summed E-state index contributed by atoms with van der Waals surface area (Å²) in [7, 11) is 0. The minimum absolute atomic E-state index is 0.0792. The Balaban J connectivity index is 2.62. The van der Waals surface area contributed by atoms with E-state index in [1.165, 1.54) is 0 Å². The lowest BCUT2D eigenvalue weighted by Gasteiger charge is -2.20. The van der Waals surface area contributed by atoms with Crippen molar-refractivity contribution in [3.8, 4) is 0 Å². The highest BCUT2D eigenvalue weighted by Crippen LogP contribution is 2.38. The standard InChI is InChI=1S/C21H22F3NO5/c1-4-5-13-12(3)15-10-30-19(28)17(15)18(25-20(29)21(22,23)24)14(13)8-6-11(2)7-9-16(26)27/h4,6H,1,5,7-10H2,2-3H3,(H,25,29)(H,26,27)/b11-6+. The zero-order chi connectivity index (χ0) is 22.6. The number of hydrogen-bond donors (Lipinski definition) is 2. The first kappa shape index (κ1) is 23.2. The fourth-order valence-corrected chi connectivity index (χ4v) is 3.31. The lowest BCUT2D eigenvalue weighted by atomic mass is 9.87. The third-order valence-corrected chi connectivity index (χ3v) is 4.91. The molecule has 1 aliphatic heterocycles. The molecule has 1 aromatic rings. The van der Waals surface area contributed by atoms with Crippen molar-refractivity contribution >= 4 is 23.5 Å². The van der Waals surface area contributed by atoms with E-state index in [9.17, 15) is 27.6 Å². The van der Waals surface area contributed by atoms with Gasteiger partial charge >= 0.3 is 24.0 Å². The summed E-state index contributed by atoms with van der Waals surface area (Å²) < 4.78 is 43.8. The molecule has 1 aliphatic rings. The first-order valence-electron chi connectivity index (χ1n) is 9.18. The molecule has 0 aliphatic carbocycles. The normalized spacial score (nSPS) is 13.6. The minimum atomic E-state index is -5.14. The lowest BCUT2D eigenvalue weighted by molar-refractivity contribution is -0.167. The number of halogens is 3. The Bertz CT molecular complexity index is 932. The Hall–Kier alpha value is -3.10. The van der Waals surface area contributed by atoms with E-state index in [0.29, 0.717) is 28.7 Å². The van der Waals surface area contributed by atoms with Gasteiger partial charge in [-0.05, 0) is 49.8 Å². The van der Waals surface area contributed by atoms with Crippen molar-refractivity contribution in [3.63, 3.8) is 0 Å². The van der Waals surface area contributed by atoms with Gasteiger partial charge in [-0.25, -0.2) is 4.79 Å². The molecule has 9 heteroatoms. The van der Waals surface area contributed by atoms with E-state index in [1.54, 1.807) is 26.0 Å². The number of carbonyl (C=O) groups excluding carboxylic acids is 2. The summed E-state index contributed by atoms with van der Waals surface area (Å²) in [5, 5.41) is 10.7. The molecule has 0 bridgehead atoms. The van der Waals surface area contributed by atoms with E-state index in [-0.39, 0.29) is 37.1 Å². The van der Waals surface area contributed by atoms with Crippen LogP contribution in [0.5, 0.6) is 0 Å². The number of carboxylic acids is 1. The Kier molecular flexibility index (Phi) is 7.07. The highest BCUT2D eigenvalue weighted by molar-refractivity contribution is 6.06. The number of alkyl halides is 3. The number of hydrogen-bond acceptors (Lipinski definition) is 4. The molecule has 0 saturated carbocycles. The van der Waals surface area contributed by atoms with E-state index in [4.69, 9.17) is 9.84 Å². The number of anilines is 1. The van der Waals surface area contributed by atoms with Crippen molar-refractivity contribution in [2.24, 2.45) is 0 Å². The van der Waals surface area contributed by atoms with Gasteiger partial charge < -0.3 is 15.2 Å². The van der Waals surface area contributed by atoms with Crippen LogP contribution in [0.15, 0.2) is 24.3 Å². The number of nitrogens with one attached hydrogen (secondary N) is 1. The van der Waals surface area contributed by atoms with Crippen LogP contribution in [0.25, 0.3) is 0 Å². The number of amides is 1. The molecule has 0 radical (unpaired) electrons. The Morgan fingerprint density at radius 2 is 1.90 bits per heavy atom. The van der Waals surface area contributed by atoms with Crippen molar-refractivity contribution in [3.05, 3.63) is 52.1 Å². The van der Waals surface area contributed by atoms with Crippen LogP contribution in [0.1, 0.15) is 52.4 Å². The number of ether oxygens (including phenoxy) is 1. The number of allylic oxidation sites excluding steroid dienone is 3. The second kappa shape index (κ2) is 9.15. The molecule has 6 nitrogen and oxygen atoms in total. The fourth-order valence-electron chi connectivity index (χ4n) is 3.31. The topological polar surface area (TPSA) is 92.7 Å². The van der Waals surface area contributed by atoms with Crippen LogP contribution in [-0.2, 0) is 33.8 Å². The number of aliphatic carboxylic acids is 1. The lowest BCUT2D eigenvalue weighted by Crippen LogP contribution is -2.31. The summed E-state index contributed by atoms with van der Waals surface area (Å²) in [6, 6.07) is 0. The predicted octanol–water partition coefficient (Wildman–Crippen LogP) is 4.25. The van der Waals surface area contributed by atoms with E-state index in [2.05, 4.69) is 6.58 Å². The van der Waals surface area contributed by atoms with Crippen LogP contribution in [0, 0.1) is 6.92 Å². The smallest absolute Gasteiger partial charge is 0.471 e. The number of fused-ring (bicyclic) bond motifs is 1. The third kappa shape index (κ3) is 5.08. The molecule has 30 heavy (non-hydrogen) atoms. The van der Waals surface area contributed by atoms with Crippen molar-refractivity contribution in [2.45, 2.75) is 52.3 Å². The SMILES string of the molecule is C=CCc1c(C)c2c(c(NC(=O)C(F)(F)F)c1C/C=C(\C)CCC(=O)O)C(=O)OC2. The molecule has 1 aromatic carbocycles. The molecular weight excluding hydrogens is 403 g/mol. The average molecular weight is 425 g/mol.